The molecule has 1 N–H and O–H groups in total. The third-order valence-electron chi connectivity index (χ3n) is 3.17. The summed E-state index contributed by atoms with van der Waals surface area (Å²) >= 11 is 1.91. The van der Waals surface area contributed by atoms with E-state index in [1.165, 1.54) is 16.1 Å². The number of nitrogens with one attached hydrogen (secondary N) is 1. The van der Waals surface area contributed by atoms with Gasteiger partial charge in [0, 0.05) is 10.6 Å². The zero-order chi connectivity index (χ0) is 12.4. The molecule has 1 aliphatic heterocycles. The first-order valence-corrected chi connectivity index (χ1v) is 6.96. The van der Waals surface area contributed by atoms with Crippen LogP contribution in [0.1, 0.15) is 10.8 Å². The molecule has 0 spiro atoms. The number of para-hydroxylation sites is 1. The van der Waals surface area contributed by atoms with Gasteiger partial charge in [-0.3, -0.25) is 0 Å². The maximum atomic E-state index is 3.96. The summed E-state index contributed by atoms with van der Waals surface area (Å²) in [7, 11) is 0. The highest BCUT2D eigenvalue weighted by molar-refractivity contribution is 7.99. The molecule has 0 saturated carbocycles. The molecule has 0 bridgehead atoms. The van der Waals surface area contributed by atoms with Gasteiger partial charge < -0.3 is 5.32 Å². The number of fused-ring (bicyclic) bond motifs is 1. The predicted molar refractivity (Wildman–Crippen MR) is 79.1 cm³/mol. The smallest absolute Gasteiger partial charge is 0.0605 e. The van der Waals surface area contributed by atoms with Crippen molar-refractivity contribution in [1.82, 2.24) is 0 Å². The van der Waals surface area contributed by atoms with E-state index in [4.69, 9.17) is 0 Å². The van der Waals surface area contributed by atoms with Crippen LogP contribution in [0.2, 0.25) is 0 Å². The molecule has 1 heterocycles. The first kappa shape index (κ1) is 11.4. The molecule has 18 heavy (non-hydrogen) atoms. The minimum atomic E-state index is 0.271. The van der Waals surface area contributed by atoms with E-state index < -0.39 is 0 Å². The van der Waals surface area contributed by atoms with Crippen molar-refractivity contribution in [3.8, 4) is 0 Å². The molecule has 0 saturated heterocycles. The molecule has 2 heteroatoms. The Morgan fingerprint density at radius 3 is 2.50 bits per heavy atom. The van der Waals surface area contributed by atoms with E-state index in [-0.39, 0.29) is 6.04 Å². The minimum absolute atomic E-state index is 0.271. The van der Waals surface area contributed by atoms with Gasteiger partial charge in [0.25, 0.3) is 0 Å². The molecular formula is C16H15NS. The van der Waals surface area contributed by atoms with Crippen LogP contribution in [-0.4, -0.2) is 6.04 Å². The molecule has 2 atom stereocenters. The fourth-order valence-corrected chi connectivity index (χ4v) is 3.56. The van der Waals surface area contributed by atoms with Crippen molar-refractivity contribution >= 4 is 17.4 Å². The Hall–Kier alpha value is -1.67. The number of anilines is 1. The molecule has 2 aromatic rings. The number of thioether (sulfide) groups is 1. The summed E-state index contributed by atoms with van der Waals surface area (Å²) in [4.78, 5) is 1.31. The van der Waals surface area contributed by atoms with Gasteiger partial charge in [0.15, 0.2) is 0 Å². The molecule has 2 unspecified atom stereocenters. The van der Waals surface area contributed by atoms with E-state index in [1.807, 2.05) is 17.8 Å². The van der Waals surface area contributed by atoms with Gasteiger partial charge in [0.05, 0.1) is 11.3 Å². The van der Waals surface area contributed by atoms with E-state index >= 15 is 0 Å². The molecule has 90 valence electrons. The lowest BCUT2D eigenvalue weighted by Crippen LogP contribution is -2.26. The van der Waals surface area contributed by atoms with E-state index in [0.717, 1.165) is 0 Å². The number of hydrogen-bond donors (Lipinski definition) is 1. The highest BCUT2D eigenvalue weighted by Crippen LogP contribution is 2.46. The van der Waals surface area contributed by atoms with Gasteiger partial charge in [-0.15, -0.1) is 18.3 Å². The number of hydrogen-bond acceptors (Lipinski definition) is 2. The lowest BCUT2D eigenvalue weighted by Gasteiger charge is -2.32. The molecule has 1 nitrogen and oxygen atoms in total. The van der Waals surface area contributed by atoms with Gasteiger partial charge in [0.2, 0.25) is 0 Å². The first-order chi connectivity index (χ1) is 8.88. The Morgan fingerprint density at radius 2 is 1.72 bits per heavy atom. The summed E-state index contributed by atoms with van der Waals surface area (Å²) in [6, 6.07) is 19.3. The summed E-state index contributed by atoms with van der Waals surface area (Å²) in [6.07, 6.45) is 2.00. The Balaban J connectivity index is 1.98. The zero-order valence-electron chi connectivity index (χ0n) is 10.0. The second-order valence-corrected chi connectivity index (χ2v) is 5.53. The van der Waals surface area contributed by atoms with E-state index in [1.54, 1.807) is 0 Å². The maximum Gasteiger partial charge on any atom is 0.0605 e. The van der Waals surface area contributed by atoms with Gasteiger partial charge in [-0.1, -0.05) is 48.5 Å². The van der Waals surface area contributed by atoms with Crippen LogP contribution in [0, 0.1) is 0 Å². The lowest BCUT2D eigenvalue weighted by molar-refractivity contribution is 0.827. The van der Waals surface area contributed by atoms with Crippen LogP contribution in [0.15, 0.2) is 72.1 Å². The molecule has 2 aromatic carbocycles. The fraction of sp³-hybridized carbons (Fsp3) is 0.125. The Labute approximate surface area is 112 Å². The van der Waals surface area contributed by atoms with Crippen molar-refractivity contribution in [2.45, 2.75) is 16.2 Å². The molecule has 0 fully saturated rings. The molecule has 0 aromatic heterocycles. The van der Waals surface area contributed by atoms with Crippen molar-refractivity contribution < 1.29 is 0 Å². The van der Waals surface area contributed by atoms with E-state index in [2.05, 4.69) is 66.5 Å². The standard InChI is InChI=1S/C16H15NS/c1-2-13-16(12-8-4-3-5-9-12)18-15-11-7-6-10-14(15)17-13/h2-11,13,16-17H,1H2. The second kappa shape index (κ2) is 4.91. The Kier molecular flexibility index (Phi) is 3.11. The molecule has 0 amide bonds. The molecule has 3 rings (SSSR count). The van der Waals surface area contributed by atoms with Crippen LogP contribution in [0.3, 0.4) is 0 Å². The predicted octanol–water partition coefficient (Wildman–Crippen LogP) is 4.50. The maximum absolute atomic E-state index is 3.96. The van der Waals surface area contributed by atoms with Crippen LogP contribution >= 0.6 is 11.8 Å². The Bertz CT molecular complexity index is 550. The third kappa shape index (κ3) is 2.04. The summed E-state index contributed by atoms with van der Waals surface area (Å²) < 4.78 is 0. The summed E-state index contributed by atoms with van der Waals surface area (Å²) in [5.41, 5.74) is 2.55. The van der Waals surface area contributed by atoms with Crippen LogP contribution in [0.25, 0.3) is 0 Å². The van der Waals surface area contributed by atoms with E-state index in [9.17, 15) is 0 Å². The van der Waals surface area contributed by atoms with Crippen molar-refractivity contribution in [2.24, 2.45) is 0 Å². The van der Waals surface area contributed by atoms with Gasteiger partial charge in [-0.05, 0) is 17.7 Å². The van der Waals surface area contributed by atoms with Crippen LogP contribution in [-0.2, 0) is 0 Å². The zero-order valence-corrected chi connectivity index (χ0v) is 10.9. The van der Waals surface area contributed by atoms with Gasteiger partial charge in [0.1, 0.15) is 0 Å². The summed E-state index contributed by atoms with van der Waals surface area (Å²) in [6.45, 7) is 3.96. The molecule has 0 aliphatic carbocycles. The Morgan fingerprint density at radius 1 is 1.00 bits per heavy atom. The van der Waals surface area contributed by atoms with Crippen molar-refractivity contribution in [2.75, 3.05) is 5.32 Å². The average molecular weight is 253 g/mol. The largest absolute Gasteiger partial charge is 0.376 e. The highest BCUT2D eigenvalue weighted by atomic mass is 32.2. The van der Waals surface area contributed by atoms with Crippen molar-refractivity contribution in [3.05, 3.63) is 72.8 Å². The van der Waals surface area contributed by atoms with Crippen molar-refractivity contribution in [3.63, 3.8) is 0 Å². The van der Waals surface area contributed by atoms with Gasteiger partial charge >= 0.3 is 0 Å². The number of rotatable bonds is 2. The third-order valence-corrected chi connectivity index (χ3v) is 4.60. The summed E-state index contributed by atoms with van der Waals surface area (Å²) in [5, 5.41) is 3.94. The molecule has 0 radical (unpaired) electrons. The SMILES string of the molecule is C=CC1Nc2ccccc2SC1c1ccccc1. The van der Waals surface area contributed by atoms with Gasteiger partial charge in [-0.25, -0.2) is 0 Å². The van der Waals surface area contributed by atoms with Crippen LogP contribution in [0.4, 0.5) is 5.69 Å². The topological polar surface area (TPSA) is 12.0 Å². The van der Waals surface area contributed by atoms with Gasteiger partial charge in [-0.2, -0.15) is 0 Å². The van der Waals surface area contributed by atoms with Crippen LogP contribution in [0.5, 0.6) is 0 Å². The fourth-order valence-electron chi connectivity index (χ4n) is 2.25. The average Bonchev–Trinajstić information content (AvgIpc) is 2.46. The quantitative estimate of drug-likeness (QED) is 0.791. The first-order valence-electron chi connectivity index (χ1n) is 6.08. The summed E-state index contributed by atoms with van der Waals surface area (Å²) in [5.74, 6) is 0. The van der Waals surface area contributed by atoms with Crippen LogP contribution < -0.4 is 5.32 Å². The van der Waals surface area contributed by atoms with E-state index in [0.29, 0.717) is 5.25 Å². The molecular weight excluding hydrogens is 238 g/mol. The lowest BCUT2D eigenvalue weighted by atomic mass is 10.0. The minimum Gasteiger partial charge on any atom is -0.376 e. The van der Waals surface area contributed by atoms with Crippen molar-refractivity contribution in [1.29, 1.82) is 0 Å². The second-order valence-electron chi connectivity index (χ2n) is 4.35. The molecule has 1 aliphatic rings. The normalized spacial score (nSPS) is 21.8. The highest BCUT2D eigenvalue weighted by Gasteiger charge is 2.27. The monoisotopic (exact) mass is 253 g/mol. The number of benzene rings is 2.